The average Bonchev–Trinajstić information content (AvgIpc) is 3.08. The molecule has 124 valence electrons. The molecule has 0 aliphatic carbocycles. The Morgan fingerprint density at radius 2 is 2.33 bits per heavy atom. The summed E-state index contributed by atoms with van der Waals surface area (Å²) >= 11 is 0. The number of carbonyl (C=O) groups is 1. The second-order valence-electron chi connectivity index (χ2n) is 4.27. The number of nitrogens with zero attached hydrogens (tertiary/aromatic N) is 4. The van der Waals surface area contributed by atoms with Crippen molar-refractivity contribution < 1.29 is 23.4 Å². The van der Waals surface area contributed by atoms with Gasteiger partial charge in [0.15, 0.2) is 0 Å². The Bertz CT molecular complexity index is 785. The third-order valence-corrected chi connectivity index (χ3v) is 2.67. The van der Waals surface area contributed by atoms with Crippen molar-refractivity contribution in [1.82, 2.24) is 20.6 Å². The zero-order valence-corrected chi connectivity index (χ0v) is 11.9. The monoisotopic (exact) mass is 336 g/mol. The molecule has 0 spiro atoms. The number of anilines is 1. The average molecular weight is 336 g/mol. The predicted molar refractivity (Wildman–Crippen MR) is 76.3 cm³/mol. The maximum atomic E-state index is 12.3. The van der Waals surface area contributed by atoms with Crippen LogP contribution in [-0.2, 0) is 0 Å². The lowest BCUT2D eigenvalue weighted by atomic mass is 10.2. The number of allylic oxidation sites excluding steroid dienone is 1. The van der Waals surface area contributed by atoms with Crippen molar-refractivity contribution in [1.29, 1.82) is 5.26 Å². The lowest BCUT2D eigenvalue weighted by Crippen LogP contribution is -2.09. The number of tetrazole rings is 1. The second kappa shape index (κ2) is 7.63. The van der Waals surface area contributed by atoms with E-state index in [4.69, 9.17) is 15.1 Å². The van der Waals surface area contributed by atoms with Crippen molar-refractivity contribution >= 4 is 17.2 Å². The summed E-state index contributed by atoms with van der Waals surface area (Å²) in [5.41, 5.74) is -0.00977. The van der Waals surface area contributed by atoms with Crippen LogP contribution in [-0.4, -0.2) is 44.7 Å². The molecule has 0 aliphatic heterocycles. The van der Waals surface area contributed by atoms with E-state index in [0.717, 1.165) is 0 Å². The first-order valence-electron chi connectivity index (χ1n) is 6.40. The molecule has 0 amide bonds. The molecule has 0 radical (unpaired) electrons. The number of aromatic carboxylic acids is 1. The van der Waals surface area contributed by atoms with Crippen LogP contribution in [0.15, 0.2) is 24.4 Å². The first-order valence-corrected chi connectivity index (χ1v) is 6.40. The summed E-state index contributed by atoms with van der Waals surface area (Å²) in [6, 6.07) is 5.45. The summed E-state index contributed by atoms with van der Waals surface area (Å²) < 4.78 is 29.5. The lowest BCUT2D eigenvalue weighted by Gasteiger charge is -2.12. The topological polar surface area (TPSA) is 137 Å². The van der Waals surface area contributed by atoms with Crippen LogP contribution in [0.5, 0.6) is 5.75 Å². The van der Waals surface area contributed by atoms with Gasteiger partial charge in [-0.15, -0.1) is 10.2 Å². The number of hydrogen-bond donors (Lipinski definition) is 3. The molecule has 0 bridgehead atoms. The Hall–Kier alpha value is -3.55. The van der Waals surface area contributed by atoms with Gasteiger partial charge < -0.3 is 15.2 Å². The highest BCUT2D eigenvalue weighted by atomic mass is 19.3. The van der Waals surface area contributed by atoms with E-state index in [1.807, 2.05) is 6.07 Å². The molecule has 0 atom stereocenters. The fraction of sp³-hybridized carbons (Fsp3) is 0.154. The van der Waals surface area contributed by atoms with Gasteiger partial charge in [-0.2, -0.15) is 10.5 Å². The first-order chi connectivity index (χ1) is 11.5. The number of nitrogens with one attached hydrogen (secondary N) is 2. The Morgan fingerprint density at radius 3 is 2.92 bits per heavy atom. The molecule has 1 heterocycles. The molecule has 11 heteroatoms. The minimum Gasteiger partial charge on any atom is -0.485 e. The molecular weight excluding hydrogens is 326 g/mol. The number of carboxylic acids is 1. The van der Waals surface area contributed by atoms with Gasteiger partial charge in [0.05, 0.1) is 11.3 Å². The molecule has 3 N–H and O–H groups in total. The summed E-state index contributed by atoms with van der Waals surface area (Å²) in [5, 5.41) is 33.4. The van der Waals surface area contributed by atoms with Crippen LogP contribution >= 0.6 is 0 Å². The summed E-state index contributed by atoms with van der Waals surface area (Å²) in [6.07, 6.45) is -1.51. The highest BCUT2D eigenvalue weighted by Crippen LogP contribution is 2.27. The molecule has 1 aromatic carbocycles. The molecule has 9 nitrogen and oxygen atoms in total. The van der Waals surface area contributed by atoms with E-state index in [2.05, 4.69) is 25.9 Å². The third kappa shape index (κ3) is 4.23. The number of ether oxygens (including phenoxy) is 1. The number of rotatable bonds is 7. The minimum absolute atomic E-state index is 0.00181. The number of aromatic amines is 1. The number of benzene rings is 1. The molecule has 0 fully saturated rings. The Kier molecular flexibility index (Phi) is 5.35. The summed E-state index contributed by atoms with van der Waals surface area (Å²) in [7, 11) is 0. The van der Waals surface area contributed by atoms with Crippen LogP contribution < -0.4 is 10.1 Å². The van der Waals surface area contributed by atoms with E-state index in [-0.39, 0.29) is 28.4 Å². The van der Waals surface area contributed by atoms with Gasteiger partial charge in [0, 0.05) is 6.20 Å². The normalized spacial score (nSPS) is 11.2. The fourth-order valence-electron chi connectivity index (χ4n) is 1.63. The molecule has 0 saturated heterocycles. The van der Waals surface area contributed by atoms with E-state index in [9.17, 15) is 13.6 Å². The Morgan fingerprint density at radius 1 is 1.54 bits per heavy atom. The summed E-state index contributed by atoms with van der Waals surface area (Å²) in [4.78, 5) is 11.0. The van der Waals surface area contributed by atoms with Crippen molar-refractivity contribution in [3.8, 4) is 11.8 Å². The third-order valence-electron chi connectivity index (χ3n) is 2.67. The molecule has 2 aromatic rings. The summed E-state index contributed by atoms with van der Waals surface area (Å²) in [5.74, 6) is -1.20. The highest BCUT2D eigenvalue weighted by molar-refractivity contribution is 5.90. The predicted octanol–water partition coefficient (Wildman–Crippen LogP) is 1.52. The van der Waals surface area contributed by atoms with Crippen LogP contribution in [0.4, 0.5) is 14.5 Å². The zero-order chi connectivity index (χ0) is 17.5. The standard InChI is InChI=1S/C13H10F2N6O3/c14-11(15)6-24-10-2-1-7(13(22)23)3-9(10)17-5-8(4-16)12-18-20-21-19-12/h1-3,5,11,17H,6H2,(H,22,23)(H,18,19,20,21). The van der Waals surface area contributed by atoms with Gasteiger partial charge in [-0.05, 0) is 23.4 Å². The van der Waals surface area contributed by atoms with Crippen LogP contribution in [0.3, 0.4) is 0 Å². The maximum absolute atomic E-state index is 12.3. The van der Waals surface area contributed by atoms with Gasteiger partial charge in [0.25, 0.3) is 6.43 Å². The molecule has 1 aromatic heterocycles. The van der Waals surface area contributed by atoms with Crippen LogP contribution in [0.25, 0.3) is 5.57 Å². The molecule has 24 heavy (non-hydrogen) atoms. The van der Waals surface area contributed by atoms with Crippen LogP contribution in [0.1, 0.15) is 16.2 Å². The van der Waals surface area contributed by atoms with Gasteiger partial charge >= 0.3 is 5.97 Å². The fourth-order valence-corrected chi connectivity index (χ4v) is 1.63. The number of hydrogen-bond acceptors (Lipinski definition) is 7. The van der Waals surface area contributed by atoms with Crippen molar-refractivity contribution in [2.75, 3.05) is 11.9 Å². The molecule has 0 unspecified atom stereocenters. The van der Waals surface area contributed by atoms with E-state index < -0.39 is 19.0 Å². The number of nitriles is 1. The molecule has 0 saturated carbocycles. The SMILES string of the molecule is N#CC(=CNc1cc(C(=O)O)ccc1OCC(F)F)c1nn[nH]n1. The van der Waals surface area contributed by atoms with Crippen molar-refractivity contribution in [2.24, 2.45) is 0 Å². The van der Waals surface area contributed by atoms with Crippen molar-refractivity contribution in [2.45, 2.75) is 6.43 Å². The maximum Gasteiger partial charge on any atom is 0.335 e. The first kappa shape index (κ1) is 16.8. The van der Waals surface area contributed by atoms with Crippen molar-refractivity contribution in [3.63, 3.8) is 0 Å². The quantitative estimate of drug-likeness (QED) is 0.647. The van der Waals surface area contributed by atoms with Crippen LogP contribution in [0, 0.1) is 11.3 Å². The number of aromatic nitrogens is 4. The number of carboxylic acid groups (broad SMARTS) is 1. The largest absolute Gasteiger partial charge is 0.485 e. The van der Waals surface area contributed by atoms with Gasteiger partial charge in [-0.3, -0.25) is 0 Å². The van der Waals surface area contributed by atoms with E-state index in [1.54, 1.807) is 0 Å². The van der Waals surface area contributed by atoms with Crippen molar-refractivity contribution in [3.05, 3.63) is 35.8 Å². The van der Waals surface area contributed by atoms with E-state index >= 15 is 0 Å². The van der Waals surface area contributed by atoms with Gasteiger partial charge in [-0.1, -0.05) is 0 Å². The summed E-state index contributed by atoms with van der Waals surface area (Å²) in [6.45, 7) is -0.860. The molecule has 2 rings (SSSR count). The smallest absolute Gasteiger partial charge is 0.335 e. The number of halogens is 2. The minimum atomic E-state index is -2.69. The van der Waals surface area contributed by atoms with Gasteiger partial charge in [0.2, 0.25) is 5.82 Å². The Balaban J connectivity index is 2.30. The van der Waals surface area contributed by atoms with E-state index in [0.29, 0.717) is 0 Å². The van der Waals surface area contributed by atoms with E-state index in [1.165, 1.54) is 24.4 Å². The van der Waals surface area contributed by atoms with Gasteiger partial charge in [-0.25, -0.2) is 13.6 Å². The lowest BCUT2D eigenvalue weighted by molar-refractivity contribution is 0.0695. The number of H-pyrrole nitrogens is 1. The van der Waals surface area contributed by atoms with Gasteiger partial charge in [0.1, 0.15) is 24.0 Å². The number of alkyl halides is 2. The van der Waals surface area contributed by atoms with Crippen LogP contribution in [0.2, 0.25) is 0 Å². The Labute approximate surface area is 133 Å². The molecule has 0 aliphatic rings. The molecular formula is C13H10F2N6O3. The highest BCUT2D eigenvalue weighted by Gasteiger charge is 2.12. The second-order valence-corrected chi connectivity index (χ2v) is 4.27. The zero-order valence-electron chi connectivity index (χ0n) is 11.9.